The van der Waals surface area contributed by atoms with Gasteiger partial charge in [-0.05, 0) is 91.1 Å². The van der Waals surface area contributed by atoms with E-state index in [1.54, 1.807) is 0 Å². The molecule has 0 saturated heterocycles. The zero-order chi connectivity index (χ0) is 34.1. The van der Waals surface area contributed by atoms with E-state index in [2.05, 4.69) is 75.0 Å². The highest BCUT2D eigenvalue weighted by molar-refractivity contribution is 5.85. The number of aromatic nitrogens is 1. The topological polar surface area (TPSA) is 26.2 Å². The van der Waals surface area contributed by atoms with Crippen molar-refractivity contribution in [2.24, 2.45) is 5.92 Å². The molecule has 0 bridgehead atoms. The van der Waals surface area contributed by atoms with Crippen LogP contribution in [-0.4, -0.2) is 17.7 Å². The van der Waals surface area contributed by atoms with Gasteiger partial charge in [-0.2, -0.15) is 0 Å². The smallest absolute Gasteiger partial charge is 0.273 e. The SMILES string of the molecule is CC.CCCNCCC(C)CCc1cn(Cc2ccc(C(C)(C)C)cc2)c2cc(OCc3cc(F)c(C(C)(F)F)cc3F)ccc12. The molecule has 1 unspecified atom stereocenters. The van der Waals surface area contributed by atoms with Gasteiger partial charge in [-0.25, -0.2) is 17.6 Å². The number of hydrogen-bond acceptors (Lipinski definition) is 2. The van der Waals surface area contributed by atoms with Crippen molar-refractivity contribution in [1.82, 2.24) is 9.88 Å². The second kappa shape index (κ2) is 16.5. The molecule has 1 heterocycles. The fraction of sp³-hybridized carbons (Fsp3) is 0.487. The molecule has 0 fully saturated rings. The normalized spacial score (nSPS) is 12.6. The monoisotopic (exact) mass is 640 g/mol. The Bertz CT molecular complexity index is 1530. The zero-order valence-electron chi connectivity index (χ0n) is 28.9. The lowest BCUT2D eigenvalue weighted by Crippen LogP contribution is -2.18. The Morgan fingerprint density at radius 3 is 2.17 bits per heavy atom. The van der Waals surface area contributed by atoms with Crippen LogP contribution in [0.4, 0.5) is 17.6 Å². The van der Waals surface area contributed by atoms with Crippen LogP contribution < -0.4 is 10.1 Å². The van der Waals surface area contributed by atoms with Gasteiger partial charge in [0.15, 0.2) is 0 Å². The molecule has 0 radical (unpaired) electrons. The highest BCUT2D eigenvalue weighted by Gasteiger charge is 2.29. The summed E-state index contributed by atoms with van der Waals surface area (Å²) in [6, 6.07) is 15.8. The Balaban J connectivity index is 0.00000282. The third kappa shape index (κ3) is 10.1. The molecular weight excluding hydrogens is 588 g/mol. The number of alkyl halides is 2. The van der Waals surface area contributed by atoms with Crippen LogP contribution in [0, 0.1) is 17.6 Å². The van der Waals surface area contributed by atoms with Gasteiger partial charge in [0, 0.05) is 36.7 Å². The van der Waals surface area contributed by atoms with Crippen LogP contribution in [0.5, 0.6) is 5.75 Å². The molecule has 3 nitrogen and oxygen atoms in total. The Hall–Kier alpha value is -3.32. The van der Waals surface area contributed by atoms with Crippen LogP contribution in [0.3, 0.4) is 0 Å². The largest absolute Gasteiger partial charge is 0.489 e. The summed E-state index contributed by atoms with van der Waals surface area (Å²) in [6.07, 6.45) is 6.50. The summed E-state index contributed by atoms with van der Waals surface area (Å²) >= 11 is 0. The summed E-state index contributed by atoms with van der Waals surface area (Å²) in [4.78, 5) is 0. The quantitative estimate of drug-likeness (QED) is 0.110. The Labute approximate surface area is 273 Å². The van der Waals surface area contributed by atoms with Gasteiger partial charge in [-0.3, -0.25) is 0 Å². The van der Waals surface area contributed by atoms with Crippen molar-refractivity contribution in [3.63, 3.8) is 0 Å². The minimum absolute atomic E-state index is 0.0704. The maximum absolute atomic E-state index is 14.6. The molecule has 1 atom stereocenters. The lowest BCUT2D eigenvalue weighted by atomic mass is 9.87. The van der Waals surface area contributed by atoms with Gasteiger partial charge in [-0.1, -0.05) is 72.7 Å². The van der Waals surface area contributed by atoms with Crippen LogP contribution in [0.25, 0.3) is 10.9 Å². The minimum Gasteiger partial charge on any atom is -0.489 e. The molecule has 46 heavy (non-hydrogen) atoms. The number of halogens is 4. The summed E-state index contributed by atoms with van der Waals surface area (Å²) in [6.45, 7) is 18.1. The minimum atomic E-state index is -3.48. The van der Waals surface area contributed by atoms with E-state index in [9.17, 15) is 17.6 Å². The maximum atomic E-state index is 14.6. The first-order valence-electron chi connectivity index (χ1n) is 16.7. The Morgan fingerprint density at radius 2 is 1.54 bits per heavy atom. The van der Waals surface area contributed by atoms with Crippen LogP contribution in [0.15, 0.2) is 60.8 Å². The number of nitrogens with zero attached hydrogens (tertiary/aromatic N) is 1. The van der Waals surface area contributed by atoms with E-state index in [0.717, 1.165) is 55.7 Å². The third-order valence-electron chi connectivity index (χ3n) is 8.26. The molecule has 0 saturated carbocycles. The predicted molar refractivity (Wildman–Crippen MR) is 183 cm³/mol. The molecule has 0 aliphatic carbocycles. The van der Waals surface area contributed by atoms with Crippen LogP contribution in [0.2, 0.25) is 0 Å². The van der Waals surface area contributed by atoms with E-state index in [-0.39, 0.29) is 17.6 Å². The number of aryl methyl sites for hydroxylation is 1. The van der Waals surface area contributed by atoms with Crippen molar-refractivity contribution in [2.45, 2.75) is 106 Å². The van der Waals surface area contributed by atoms with Gasteiger partial charge >= 0.3 is 0 Å². The van der Waals surface area contributed by atoms with Gasteiger partial charge in [0.05, 0.1) is 11.1 Å². The summed E-state index contributed by atoms with van der Waals surface area (Å²) in [5.74, 6) is -4.48. The summed E-state index contributed by atoms with van der Waals surface area (Å²) in [5, 5.41) is 4.62. The van der Waals surface area contributed by atoms with Gasteiger partial charge in [0.25, 0.3) is 5.92 Å². The van der Waals surface area contributed by atoms with Crippen molar-refractivity contribution in [3.8, 4) is 5.75 Å². The summed E-state index contributed by atoms with van der Waals surface area (Å²) in [5.41, 5.74) is 3.68. The van der Waals surface area contributed by atoms with E-state index < -0.39 is 23.1 Å². The fourth-order valence-electron chi connectivity index (χ4n) is 5.47. The van der Waals surface area contributed by atoms with E-state index in [4.69, 9.17) is 4.74 Å². The van der Waals surface area contributed by atoms with Gasteiger partial charge in [-0.15, -0.1) is 0 Å². The second-order valence-corrected chi connectivity index (χ2v) is 13.2. The van der Waals surface area contributed by atoms with Gasteiger partial charge < -0.3 is 14.6 Å². The molecule has 0 spiro atoms. The fourth-order valence-corrected chi connectivity index (χ4v) is 5.47. The highest BCUT2D eigenvalue weighted by Crippen LogP contribution is 2.32. The highest BCUT2D eigenvalue weighted by atomic mass is 19.3. The van der Waals surface area contributed by atoms with Crippen LogP contribution in [-0.2, 0) is 30.9 Å². The van der Waals surface area contributed by atoms with Crippen molar-refractivity contribution >= 4 is 10.9 Å². The molecule has 7 heteroatoms. The molecule has 4 aromatic rings. The molecule has 3 aromatic carbocycles. The molecule has 0 aliphatic rings. The van der Waals surface area contributed by atoms with Gasteiger partial charge in [0.2, 0.25) is 0 Å². The van der Waals surface area contributed by atoms with Crippen LogP contribution in [0.1, 0.15) is 102 Å². The number of fused-ring (bicyclic) bond motifs is 1. The first-order valence-corrected chi connectivity index (χ1v) is 16.7. The van der Waals surface area contributed by atoms with Gasteiger partial charge in [0.1, 0.15) is 24.0 Å². The van der Waals surface area contributed by atoms with Crippen molar-refractivity contribution in [3.05, 3.63) is 100 Å². The predicted octanol–water partition coefficient (Wildman–Crippen LogP) is 10.9. The molecule has 0 aliphatic heterocycles. The van der Waals surface area contributed by atoms with Crippen molar-refractivity contribution in [2.75, 3.05) is 13.1 Å². The molecule has 252 valence electrons. The van der Waals surface area contributed by atoms with E-state index in [1.807, 2.05) is 32.0 Å². The summed E-state index contributed by atoms with van der Waals surface area (Å²) in [7, 11) is 0. The zero-order valence-corrected chi connectivity index (χ0v) is 28.9. The van der Waals surface area contributed by atoms with E-state index in [0.29, 0.717) is 31.2 Å². The number of rotatable bonds is 14. The average Bonchev–Trinajstić information content (AvgIpc) is 3.35. The lowest BCUT2D eigenvalue weighted by Gasteiger charge is -2.19. The molecular formula is C39H52F4N2O. The standard InChI is InChI=1S/C37H46F4N2O.C2H6/c1-7-17-42-18-16-25(2)8-11-27-23-43(22-26-9-12-29(13-10-26)36(3,4)5)35-20-30(14-15-31(27)35)44-24-28-19-34(39)32(21-33(28)38)37(6,40)41;1-2/h9-10,12-15,19-21,23,25,42H,7-8,11,16-18,22,24H2,1-6H3;1-2H3. The number of nitrogens with one attached hydrogen (secondary N) is 1. The average molecular weight is 641 g/mol. The first-order chi connectivity index (χ1) is 21.8. The van der Waals surface area contributed by atoms with Crippen LogP contribution >= 0.6 is 0 Å². The van der Waals surface area contributed by atoms with E-state index >= 15 is 0 Å². The number of benzene rings is 3. The maximum Gasteiger partial charge on any atom is 0.273 e. The molecule has 1 N–H and O–H groups in total. The molecule has 4 rings (SSSR count). The summed E-state index contributed by atoms with van der Waals surface area (Å²) < 4.78 is 64.3. The number of hydrogen-bond donors (Lipinski definition) is 1. The first kappa shape index (κ1) is 37.1. The van der Waals surface area contributed by atoms with E-state index in [1.165, 1.54) is 16.7 Å². The molecule has 1 aromatic heterocycles. The number of ether oxygens (including phenoxy) is 1. The van der Waals surface area contributed by atoms with Crippen molar-refractivity contribution in [1.29, 1.82) is 0 Å². The molecule has 0 amide bonds. The Morgan fingerprint density at radius 1 is 0.848 bits per heavy atom. The Kier molecular flexibility index (Phi) is 13.3. The lowest BCUT2D eigenvalue weighted by molar-refractivity contribution is 0.0133. The van der Waals surface area contributed by atoms with Crippen molar-refractivity contribution < 1.29 is 22.3 Å². The second-order valence-electron chi connectivity index (χ2n) is 13.2. The third-order valence-corrected chi connectivity index (χ3v) is 8.26.